The Morgan fingerprint density at radius 3 is 2.85 bits per heavy atom. The van der Waals surface area contributed by atoms with E-state index >= 15 is 0 Å². The Labute approximate surface area is 159 Å². The monoisotopic (exact) mass is 398 g/mol. The first-order chi connectivity index (χ1) is 12.9. The number of halogens is 1. The van der Waals surface area contributed by atoms with Crippen LogP contribution in [-0.2, 0) is 21.0 Å². The Morgan fingerprint density at radius 2 is 2.11 bits per heavy atom. The van der Waals surface area contributed by atoms with E-state index in [2.05, 4.69) is 20.6 Å². The first kappa shape index (κ1) is 21.2. The average Bonchev–Trinajstić information content (AvgIpc) is 2.99. The van der Waals surface area contributed by atoms with Gasteiger partial charge >= 0.3 is 0 Å². The van der Waals surface area contributed by atoms with Crippen LogP contribution in [0.4, 0.5) is 4.39 Å². The van der Waals surface area contributed by atoms with Gasteiger partial charge in [0, 0.05) is 36.4 Å². The molecule has 0 atom stereocenters. The van der Waals surface area contributed by atoms with Crippen molar-refractivity contribution in [3.05, 3.63) is 35.8 Å². The molecule has 0 bridgehead atoms. The maximum atomic E-state index is 13.4. The smallest absolute Gasteiger partial charge is 0.191 e. The molecule has 150 valence electrons. The minimum absolute atomic E-state index is 0.0141. The molecule has 1 aromatic heterocycles. The molecule has 9 heteroatoms. The minimum atomic E-state index is -3.00. The van der Waals surface area contributed by atoms with Crippen LogP contribution in [-0.4, -0.2) is 64.2 Å². The third kappa shape index (κ3) is 7.56. The zero-order chi connectivity index (χ0) is 19.7. The second-order valence-electron chi connectivity index (χ2n) is 6.18. The average molecular weight is 399 g/mol. The molecule has 0 radical (unpaired) electrons. The number of benzene rings is 1. The molecule has 27 heavy (non-hydrogen) atoms. The lowest BCUT2D eigenvalue weighted by molar-refractivity contribution is 0.157. The lowest BCUT2D eigenvalue weighted by atomic mass is 10.1. The number of sulfone groups is 1. The number of ether oxygens (including phenoxy) is 1. The first-order valence-electron chi connectivity index (χ1n) is 8.92. The summed E-state index contributed by atoms with van der Waals surface area (Å²) in [6.45, 7) is 4.30. The number of fused-ring (bicyclic) bond motifs is 1. The molecular formula is C18H27FN4O3S. The molecule has 0 aliphatic heterocycles. The van der Waals surface area contributed by atoms with Gasteiger partial charge in [-0.1, -0.05) is 0 Å². The van der Waals surface area contributed by atoms with E-state index in [-0.39, 0.29) is 18.2 Å². The van der Waals surface area contributed by atoms with Crippen LogP contribution in [0.25, 0.3) is 10.9 Å². The summed E-state index contributed by atoms with van der Waals surface area (Å²) in [5.41, 5.74) is 1.95. The van der Waals surface area contributed by atoms with E-state index in [0.29, 0.717) is 25.7 Å². The van der Waals surface area contributed by atoms with Crippen molar-refractivity contribution in [1.82, 2.24) is 15.6 Å². The molecule has 7 nitrogen and oxygen atoms in total. The van der Waals surface area contributed by atoms with Crippen molar-refractivity contribution in [2.24, 2.45) is 4.99 Å². The number of nitrogens with zero attached hydrogens (tertiary/aromatic N) is 1. The normalized spacial score (nSPS) is 12.5. The second-order valence-corrected chi connectivity index (χ2v) is 8.44. The van der Waals surface area contributed by atoms with Gasteiger partial charge in [-0.3, -0.25) is 4.99 Å². The fourth-order valence-electron chi connectivity index (χ4n) is 2.55. The van der Waals surface area contributed by atoms with Crippen LogP contribution < -0.4 is 10.6 Å². The highest BCUT2D eigenvalue weighted by Gasteiger charge is 2.05. The number of hydrogen-bond donors (Lipinski definition) is 3. The van der Waals surface area contributed by atoms with Crippen molar-refractivity contribution < 1.29 is 17.5 Å². The molecule has 0 spiro atoms. The van der Waals surface area contributed by atoms with Gasteiger partial charge in [0.15, 0.2) is 5.96 Å². The van der Waals surface area contributed by atoms with Gasteiger partial charge in [-0.25, -0.2) is 12.8 Å². The highest BCUT2D eigenvalue weighted by atomic mass is 32.2. The number of guanidine groups is 1. The summed E-state index contributed by atoms with van der Waals surface area (Å²) in [6, 6.07) is 4.71. The van der Waals surface area contributed by atoms with E-state index < -0.39 is 9.84 Å². The predicted molar refractivity (Wildman–Crippen MR) is 106 cm³/mol. The second kappa shape index (κ2) is 10.3. The molecule has 0 aliphatic carbocycles. The summed E-state index contributed by atoms with van der Waals surface area (Å²) in [5, 5.41) is 7.26. The van der Waals surface area contributed by atoms with Gasteiger partial charge in [0.1, 0.15) is 15.7 Å². The molecular weight excluding hydrogens is 371 g/mol. The highest BCUT2D eigenvalue weighted by Crippen LogP contribution is 2.19. The zero-order valence-electron chi connectivity index (χ0n) is 15.7. The molecule has 1 aromatic carbocycles. The summed E-state index contributed by atoms with van der Waals surface area (Å²) in [6.07, 6.45) is 3.80. The van der Waals surface area contributed by atoms with Crippen LogP contribution >= 0.6 is 0 Å². The molecule has 2 rings (SSSR count). The summed E-state index contributed by atoms with van der Waals surface area (Å²) in [7, 11) is -3.00. The number of hydrogen-bond acceptors (Lipinski definition) is 4. The lowest BCUT2D eigenvalue weighted by Crippen LogP contribution is -2.38. The van der Waals surface area contributed by atoms with Crippen LogP contribution in [0.1, 0.15) is 12.5 Å². The number of rotatable bonds is 10. The molecule has 0 saturated heterocycles. The highest BCUT2D eigenvalue weighted by molar-refractivity contribution is 7.90. The Morgan fingerprint density at radius 1 is 1.30 bits per heavy atom. The van der Waals surface area contributed by atoms with Gasteiger partial charge in [-0.05, 0) is 37.1 Å². The topological polar surface area (TPSA) is 95.6 Å². The Balaban J connectivity index is 1.78. The Hall–Kier alpha value is -2.13. The van der Waals surface area contributed by atoms with E-state index in [9.17, 15) is 12.8 Å². The maximum Gasteiger partial charge on any atom is 0.191 e. The van der Waals surface area contributed by atoms with E-state index in [1.54, 1.807) is 6.07 Å². The van der Waals surface area contributed by atoms with Gasteiger partial charge in [0.2, 0.25) is 0 Å². The van der Waals surface area contributed by atoms with Crippen LogP contribution in [0, 0.1) is 5.82 Å². The van der Waals surface area contributed by atoms with Crippen molar-refractivity contribution in [3.8, 4) is 0 Å². The van der Waals surface area contributed by atoms with Crippen molar-refractivity contribution >= 4 is 26.7 Å². The van der Waals surface area contributed by atoms with Crippen molar-refractivity contribution in [2.45, 2.75) is 13.3 Å². The maximum absolute atomic E-state index is 13.4. The molecule has 1 heterocycles. The van der Waals surface area contributed by atoms with Crippen LogP contribution in [0.15, 0.2) is 29.4 Å². The lowest BCUT2D eigenvalue weighted by Gasteiger charge is -2.11. The fraction of sp³-hybridized carbons (Fsp3) is 0.500. The summed E-state index contributed by atoms with van der Waals surface area (Å²) < 4.78 is 40.8. The SMILES string of the molecule is CCNC(=NCCOCCS(C)(=O)=O)NCCc1c[nH]c2ccc(F)cc12. The van der Waals surface area contributed by atoms with Gasteiger partial charge in [-0.15, -0.1) is 0 Å². The molecule has 0 fully saturated rings. The third-order valence-electron chi connectivity index (χ3n) is 3.86. The first-order valence-corrected chi connectivity index (χ1v) is 11.0. The van der Waals surface area contributed by atoms with Gasteiger partial charge in [0.05, 0.1) is 25.5 Å². The zero-order valence-corrected chi connectivity index (χ0v) is 16.5. The molecule has 0 saturated carbocycles. The number of aromatic amines is 1. The van der Waals surface area contributed by atoms with E-state index in [0.717, 1.165) is 29.4 Å². The largest absolute Gasteiger partial charge is 0.378 e. The van der Waals surface area contributed by atoms with E-state index in [1.165, 1.54) is 18.4 Å². The standard InChI is InChI=1S/C18H27FN4O3S/c1-3-20-18(22-8-9-26-10-11-27(2,24)25)21-7-6-14-13-23-17-5-4-15(19)12-16(14)17/h4-5,12-13,23H,3,6-11H2,1-2H3,(H2,20,21,22). The van der Waals surface area contributed by atoms with Gasteiger partial charge < -0.3 is 20.4 Å². The quantitative estimate of drug-likeness (QED) is 0.320. The molecule has 0 amide bonds. The Kier molecular flexibility index (Phi) is 8.05. The van der Waals surface area contributed by atoms with E-state index in [1.807, 2.05) is 13.1 Å². The fourth-order valence-corrected chi connectivity index (χ4v) is 2.97. The van der Waals surface area contributed by atoms with Crippen LogP contribution in [0.5, 0.6) is 0 Å². The predicted octanol–water partition coefficient (Wildman–Crippen LogP) is 1.47. The Bertz CT molecular complexity index is 865. The molecule has 0 aliphatic rings. The van der Waals surface area contributed by atoms with Crippen LogP contribution in [0.2, 0.25) is 0 Å². The molecule has 2 aromatic rings. The summed E-state index contributed by atoms with van der Waals surface area (Å²) >= 11 is 0. The van der Waals surface area contributed by atoms with Gasteiger partial charge in [-0.2, -0.15) is 0 Å². The van der Waals surface area contributed by atoms with Crippen molar-refractivity contribution in [3.63, 3.8) is 0 Å². The number of aliphatic imine (C=N–C) groups is 1. The number of nitrogens with one attached hydrogen (secondary N) is 3. The summed E-state index contributed by atoms with van der Waals surface area (Å²) in [5.74, 6) is 0.428. The minimum Gasteiger partial charge on any atom is -0.378 e. The number of aromatic nitrogens is 1. The molecule has 3 N–H and O–H groups in total. The van der Waals surface area contributed by atoms with E-state index in [4.69, 9.17) is 4.74 Å². The third-order valence-corrected chi connectivity index (χ3v) is 4.77. The number of H-pyrrole nitrogens is 1. The van der Waals surface area contributed by atoms with Crippen molar-refractivity contribution in [1.29, 1.82) is 0 Å². The van der Waals surface area contributed by atoms with Crippen molar-refractivity contribution in [2.75, 3.05) is 44.9 Å². The van der Waals surface area contributed by atoms with Crippen LogP contribution in [0.3, 0.4) is 0 Å². The molecule has 0 unspecified atom stereocenters. The van der Waals surface area contributed by atoms with Gasteiger partial charge in [0.25, 0.3) is 0 Å². The summed E-state index contributed by atoms with van der Waals surface area (Å²) in [4.78, 5) is 7.54.